The van der Waals surface area contributed by atoms with Crippen LogP contribution in [0.2, 0.25) is 0 Å². The molecule has 0 bridgehead atoms. The monoisotopic (exact) mass is 264 g/mol. The van der Waals surface area contributed by atoms with Gasteiger partial charge in [0.05, 0.1) is 5.92 Å². The van der Waals surface area contributed by atoms with Gasteiger partial charge < -0.3 is 15.3 Å². The van der Waals surface area contributed by atoms with Gasteiger partial charge in [0.1, 0.15) is 0 Å². The summed E-state index contributed by atoms with van der Waals surface area (Å²) >= 11 is 0. The lowest BCUT2D eigenvalue weighted by molar-refractivity contribution is -0.138. The Balaban J connectivity index is 2.47. The summed E-state index contributed by atoms with van der Waals surface area (Å²) in [5.41, 5.74) is 2.02. The summed E-state index contributed by atoms with van der Waals surface area (Å²) in [6.07, 6.45) is 0. The van der Waals surface area contributed by atoms with Gasteiger partial charge in [-0.05, 0) is 39.1 Å². The Kier molecular flexibility index (Phi) is 5.99. The van der Waals surface area contributed by atoms with Crippen molar-refractivity contribution in [1.82, 2.24) is 10.2 Å². The first-order valence-corrected chi connectivity index (χ1v) is 6.60. The van der Waals surface area contributed by atoms with E-state index in [4.69, 9.17) is 5.11 Å². The predicted molar refractivity (Wildman–Crippen MR) is 77.3 cm³/mol. The summed E-state index contributed by atoms with van der Waals surface area (Å²) in [7, 11) is 4.13. The van der Waals surface area contributed by atoms with Crippen LogP contribution in [-0.4, -0.2) is 42.7 Å². The fourth-order valence-electron chi connectivity index (χ4n) is 1.67. The van der Waals surface area contributed by atoms with Gasteiger partial charge in [0.15, 0.2) is 0 Å². The summed E-state index contributed by atoms with van der Waals surface area (Å²) in [6.45, 7) is 5.61. The van der Waals surface area contributed by atoms with Crippen molar-refractivity contribution in [2.75, 3.05) is 20.6 Å². The van der Waals surface area contributed by atoms with E-state index in [1.54, 1.807) is 6.92 Å². The second-order valence-electron chi connectivity index (χ2n) is 5.25. The molecule has 1 rings (SSSR count). The van der Waals surface area contributed by atoms with Gasteiger partial charge in [-0.2, -0.15) is 0 Å². The number of aliphatic carboxylic acids is 1. The molecule has 0 aliphatic rings. The van der Waals surface area contributed by atoms with Gasteiger partial charge in [0, 0.05) is 19.1 Å². The first-order chi connectivity index (χ1) is 8.91. The minimum absolute atomic E-state index is 0.448. The highest BCUT2D eigenvalue weighted by atomic mass is 16.4. The van der Waals surface area contributed by atoms with Crippen molar-refractivity contribution in [2.24, 2.45) is 0 Å². The molecule has 4 heteroatoms. The summed E-state index contributed by atoms with van der Waals surface area (Å²) in [5.74, 6) is -1.23. The fraction of sp³-hybridized carbons (Fsp3) is 0.533. The number of nitrogens with zero attached hydrogens (tertiary/aromatic N) is 1. The number of hydrogen-bond acceptors (Lipinski definition) is 3. The second kappa shape index (κ2) is 7.26. The van der Waals surface area contributed by atoms with E-state index in [0.717, 1.165) is 18.7 Å². The topological polar surface area (TPSA) is 52.6 Å². The molecule has 2 unspecified atom stereocenters. The van der Waals surface area contributed by atoms with Crippen LogP contribution in [0.3, 0.4) is 0 Å². The Morgan fingerprint density at radius 3 is 2.32 bits per heavy atom. The van der Waals surface area contributed by atoms with Crippen LogP contribution in [0.5, 0.6) is 0 Å². The highest BCUT2D eigenvalue weighted by Gasteiger charge is 2.12. The largest absolute Gasteiger partial charge is 0.481 e. The van der Waals surface area contributed by atoms with Gasteiger partial charge in [-0.15, -0.1) is 0 Å². The quantitative estimate of drug-likeness (QED) is 0.790. The highest BCUT2D eigenvalue weighted by molar-refractivity contribution is 5.75. The van der Waals surface area contributed by atoms with E-state index in [9.17, 15) is 4.79 Å². The third-order valence-electron chi connectivity index (χ3n) is 3.50. The van der Waals surface area contributed by atoms with Gasteiger partial charge >= 0.3 is 5.97 Å². The van der Waals surface area contributed by atoms with Crippen molar-refractivity contribution >= 4 is 5.97 Å². The molecular weight excluding hydrogens is 240 g/mol. The van der Waals surface area contributed by atoms with Gasteiger partial charge in [0.25, 0.3) is 0 Å². The Morgan fingerprint density at radius 2 is 1.84 bits per heavy atom. The van der Waals surface area contributed by atoms with E-state index in [2.05, 4.69) is 31.2 Å². The first-order valence-electron chi connectivity index (χ1n) is 6.60. The molecule has 19 heavy (non-hydrogen) atoms. The molecule has 0 saturated carbocycles. The lowest BCUT2D eigenvalue weighted by Crippen LogP contribution is -2.35. The van der Waals surface area contributed by atoms with Gasteiger partial charge in [-0.25, -0.2) is 0 Å². The van der Waals surface area contributed by atoms with Crippen LogP contribution in [0.15, 0.2) is 24.3 Å². The molecule has 1 aromatic rings. The van der Waals surface area contributed by atoms with Crippen molar-refractivity contribution in [2.45, 2.75) is 32.4 Å². The number of carbonyl (C=O) groups is 1. The average molecular weight is 264 g/mol. The summed E-state index contributed by atoms with van der Waals surface area (Å²) in [6, 6.07) is 8.26. The van der Waals surface area contributed by atoms with Crippen LogP contribution in [0.4, 0.5) is 0 Å². The normalized spacial score (nSPS) is 14.4. The van der Waals surface area contributed by atoms with Crippen molar-refractivity contribution in [3.8, 4) is 0 Å². The number of likely N-dealkylation sites (N-methyl/N-ethyl adjacent to an activating group) is 1. The molecule has 0 radical (unpaired) electrons. The van der Waals surface area contributed by atoms with Crippen LogP contribution in [0.25, 0.3) is 0 Å². The average Bonchev–Trinajstić information content (AvgIpc) is 2.38. The number of carboxylic acids is 1. The van der Waals surface area contributed by atoms with Crippen LogP contribution in [-0.2, 0) is 11.3 Å². The maximum Gasteiger partial charge on any atom is 0.310 e. The van der Waals surface area contributed by atoms with E-state index < -0.39 is 11.9 Å². The van der Waals surface area contributed by atoms with E-state index in [1.165, 1.54) is 5.56 Å². The van der Waals surface area contributed by atoms with Crippen LogP contribution < -0.4 is 5.32 Å². The zero-order valence-corrected chi connectivity index (χ0v) is 12.2. The summed E-state index contributed by atoms with van der Waals surface area (Å²) in [4.78, 5) is 13.0. The van der Waals surface area contributed by atoms with Crippen molar-refractivity contribution in [3.63, 3.8) is 0 Å². The lowest BCUT2D eigenvalue weighted by atomic mass is 10.00. The molecule has 106 valence electrons. The molecule has 0 aliphatic heterocycles. The zero-order valence-electron chi connectivity index (χ0n) is 12.2. The molecule has 0 amide bonds. The third kappa shape index (κ3) is 5.01. The van der Waals surface area contributed by atoms with Crippen molar-refractivity contribution in [3.05, 3.63) is 35.4 Å². The molecule has 1 aromatic carbocycles. The number of rotatable bonds is 7. The van der Waals surface area contributed by atoms with Gasteiger partial charge in [-0.1, -0.05) is 24.3 Å². The Labute approximate surface area is 115 Å². The first kappa shape index (κ1) is 15.7. The molecule has 0 heterocycles. The molecule has 0 saturated heterocycles. The fourth-order valence-corrected chi connectivity index (χ4v) is 1.67. The van der Waals surface area contributed by atoms with Crippen molar-refractivity contribution < 1.29 is 9.90 Å². The van der Waals surface area contributed by atoms with Gasteiger partial charge in [0.2, 0.25) is 0 Å². The lowest BCUT2D eigenvalue weighted by Gasteiger charge is -2.20. The Hall–Kier alpha value is -1.39. The van der Waals surface area contributed by atoms with E-state index in [1.807, 2.05) is 24.3 Å². The van der Waals surface area contributed by atoms with Gasteiger partial charge in [-0.3, -0.25) is 4.79 Å². The summed E-state index contributed by atoms with van der Waals surface area (Å²) < 4.78 is 0. The minimum atomic E-state index is -0.786. The molecule has 4 nitrogen and oxygen atoms in total. The zero-order chi connectivity index (χ0) is 14.4. The molecule has 0 aliphatic carbocycles. The minimum Gasteiger partial charge on any atom is -0.481 e. The summed E-state index contributed by atoms with van der Waals surface area (Å²) in [5, 5.41) is 12.3. The smallest absolute Gasteiger partial charge is 0.310 e. The maximum atomic E-state index is 10.9. The number of benzene rings is 1. The predicted octanol–water partition coefficient (Wildman–Crippen LogP) is 1.91. The number of hydrogen-bond donors (Lipinski definition) is 2. The van der Waals surface area contributed by atoms with Crippen LogP contribution >= 0.6 is 0 Å². The highest BCUT2D eigenvalue weighted by Crippen LogP contribution is 2.15. The number of carboxylic acid groups (broad SMARTS) is 1. The van der Waals surface area contributed by atoms with E-state index >= 15 is 0 Å². The SMILES string of the molecule is CC(C(=O)O)c1ccc(CNCC(C)N(C)C)cc1. The molecule has 2 N–H and O–H groups in total. The number of nitrogens with one attached hydrogen (secondary N) is 1. The van der Waals surface area contributed by atoms with Crippen LogP contribution in [0.1, 0.15) is 30.9 Å². The molecular formula is C15H24N2O2. The maximum absolute atomic E-state index is 10.9. The van der Waals surface area contributed by atoms with E-state index in [0.29, 0.717) is 6.04 Å². The second-order valence-corrected chi connectivity index (χ2v) is 5.25. The van der Waals surface area contributed by atoms with Crippen molar-refractivity contribution in [1.29, 1.82) is 0 Å². The molecule has 0 aromatic heterocycles. The Morgan fingerprint density at radius 1 is 1.26 bits per heavy atom. The van der Waals surface area contributed by atoms with Crippen LogP contribution in [0, 0.1) is 0 Å². The standard InChI is InChI=1S/C15H24N2O2/c1-11(17(3)4)9-16-10-13-5-7-14(8-6-13)12(2)15(18)19/h5-8,11-12,16H,9-10H2,1-4H3,(H,18,19). The third-order valence-corrected chi connectivity index (χ3v) is 3.50. The molecule has 0 spiro atoms. The van der Waals surface area contributed by atoms with E-state index in [-0.39, 0.29) is 0 Å². The molecule has 0 fully saturated rings. The molecule has 2 atom stereocenters. The Bertz CT molecular complexity index is 401.